The van der Waals surface area contributed by atoms with Crippen molar-refractivity contribution in [3.05, 3.63) is 65.2 Å². The van der Waals surface area contributed by atoms with Gasteiger partial charge in [0.15, 0.2) is 5.96 Å². The van der Waals surface area contributed by atoms with Gasteiger partial charge in [-0.15, -0.1) is 24.0 Å². The van der Waals surface area contributed by atoms with E-state index in [-0.39, 0.29) is 36.0 Å². The van der Waals surface area contributed by atoms with Crippen molar-refractivity contribution in [2.24, 2.45) is 4.99 Å². The Kier molecular flexibility index (Phi) is 10.4. The number of aliphatic imine (C=N–C) groups is 1. The van der Waals surface area contributed by atoms with Crippen molar-refractivity contribution in [2.45, 2.75) is 19.6 Å². The summed E-state index contributed by atoms with van der Waals surface area (Å²) < 4.78 is 6.04. The molecule has 1 aliphatic rings. The van der Waals surface area contributed by atoms with E-state index in [0.29, 0.717) is 19.7 Å². The molecule has 0 bridgehead atoms. The Morgan fingerprint density at radius 1 is 1.22 bits per heavy atom. The summed E-state index contributed by atoms with van der Waals surface area (Å²) in [5, 5.41) is 6.40. The highest BCUT2D eigenvalue weighted by atomic mass is 127. The first-order valence-electron chi connectivity index (χ1n) is 10.6. The smallest absolute Gasteiger partial charge is 0.238 e. The lowest BCUT2D eigenvalue weighted by Crippen LogP contribution is -2.48. The molecule has 32 heavy (non-hydrogen) atoms. The molecule has 2 aromatic rings. The van der Waals surface area contributed by atoms with Gasteiger partial charge in [0, 0.05) is 25.8 Å². The molecule has 8 heteroatoms. The van der Waals surface area contributed by atoms with Gasteiger partial charge in [-0.1, -0.05) is 36.4 Å². The number of nitrogens with zero attached hydrogens (tertiary/aromatic N) is 3. The van der Waals surface area contributed by atoms with Crippen LogP contribution >= 0.6 is 24.0 Å². The fourth-order valence-electron chi connectivity index (χ4n) is 3.74. The first-order chi connectivity index (χ1) is 15.0. The molecule has 2 aromatic carbocycles. The Hall–Kier alpha value is -2.17. The van der Waals surface area contributed by atoms with Crippen LogP contribution in [0.2, 0.25) is 0 Å². The summed E-state index contributed by atoms with van der Waals surface area (Å²) in [6, 6.07) is 16.2. The zero-order valence-electron chi connectivity index (χ0n) is 19.3. The maximum absolute atomic E-state index is 12.0. The maximum Gasteiger partial charge on any atom is 0.238 e. The van der Waals surface area contributed by atoms with Crippen molar-refractivity contribution in [2.75, 3.05) is 52.7 Å². The summed E-state index contributed by atoms with van der Waals surface area (Å²) >= 11 is 0. The van der Waals surface area contributed by atoms with Crippen molar-refractivity contribution in [3.63, 3.8) is 0 Å². The number of carbonyl (C=O) groups is 1. The molecular formula is C24H34IN5O2. The number of morpholine rings is 1. The SMILES string of the molecule is CN=C(NCc1cccc(NC(=O)CN(C)C)c1)N1CCOC(c2ccccc2C)C1.I. The van der Waals surface area contributed by atoms with Crippen LogP contribution in [-0.4, -0.2) is 69.1 Å². The number of rotatable bonds is 6. The van der Waals surface area contributed by atoms with E-state index in [1.807, 2.05) is 43.3 Å². The Morgan fingerprint density at radius 2 is 2.00 bits per heavy atom. The molecule has 7 nitrogen and oxygen atoms in total. The van der Waals surface area contributed by atoms with Gasteiger partial charge in [0.1, 0.15) is 6.10 Å². The second-order valence-electron chi connectivity index (χ2n) is 8.05. The van der Waals surface area contributed by atoms with Gasteiger partial charge in [0.05, 0.1) is 19.7 Å². The molecule has 1 unspecified atom stereocenters. The van der Waals surface area contributed by atoms with Gasteiger partial charge in [-0.3, -0.25) is 9.79 Å². The van der Waals surface area contributed by atoms with Crippen LogP contribution in [0.3, 0.4) is 0 Å². The summed E-state index contributed by atoms with van der Waals surface area (Å²) in [4.78, 5) is 20.6. The average Bonchev–Trinajstić information content (AvgIpc) is 2.74. The van der Waals surface area contributed by atoms with Crippen LogP contribution in [-0.2, 0) is 16.1 Å². The predicted octanol–water partition coefficient (Wildman–Crippen LogP) is 3.26. The molecule has 0 spiro atoms. The van der Waals surface area contributed by atoms with Gasteiger partial charge >= 0.3 is 0 Å². The predicted molar refractivity (Wildman–Crippen MR) is 141 cm³/mol. The standard InChI is InChI=1S/C24H33N5O2.HI/c1-18-8-5-6-11-21(18)22-16-29(12-13-31-22)24(25-2)26-15-19-9-7-10-20(14-19)27-23(30)17-28(3)4;/h5-11,14,22H,12-13,15-17H2,1-4H3,(H,25,26)(H,27,30);1H. The summed E-state index contributed by atoms with van der Waals surface area (Å²) in [5.41, 5.74) is 4.34. The lowest BCUT2D eigenvalue weighted by molar-refractivity contribution is -0.116. The fourth-order valence-corrected chi connectivity index (χ4v) is 3.74. The summed E-state index contributed by atoms with van der Waals surface area (Å²) in [6.45, 7) is 5.31. The van der Waals surface area contributed by atoms with E-state index in [1.165, 1.54) is 11.1 Å². The van der Waals surface area contributed by atoms with Crippen molar-refractivity contribution in [1.29, 1.82) is 0 Å². The minimum absolute atomic E-state index is 0. The maximum atomic E-state index is 12.0. The molecular weight excluding hydrogens is 517 g/mol. The third kappa shape index (κ3) is 7.46. The van der Waals surface area contributed by atoms with Crippen LogP contribution in [0, 0.1) is 6.92 Å². The largest absolute Gasteiger partial charge is 0.370 e. The number of carbonyl (C=O) groups excluding carboxylic acids is 1. The molecule has 174 valence electrons. The summed E-state index contributed by atoms with van der Waals surface area (Å²) in [6.07, 6.45) is 0.0312. The number of aryl methyl sites for hydroxylation is 1. The molecule has 0 radical (unpaired) electrons. The zero-order valence-corrected chi connectivity index (χ0v) is 21.6. The third-order valence-corrected chi connectivity index (χ3v) is 5.23. The number of halogens is 1. The highest BCUT2D eigenvalue weighted by Gasteiger charge is 2.25. The first kappa shape index (κ1) is 26.1. The summed E-state index contributed by atoms with van der Waals surface area (Å²) in [5.74, 6) is 0.824. The van der Waals surface area contributed by atoms with Crippen molar-refractivity contribution < 1.29 is 9.53 Å². The fraction of sp³-hybridized carbons (Fsp3) is 0.417. The van der Waals surface area contributed by atoms with Crippen molar-refractivity contribution in [1.82, 2.24) is 15.1 Å². The molecule has 0 saturated carbocycles. The normalized spacial score (nSPS) is 16.5. The van der Waals surface area contributed by atoms with Gasteiger partial charge in [0.25, 0.3) is 0 Å². The van der Waals surface area contributed by atoms with Gasteiger partial charge in [-0.25, -0.2) is 0 Å². The van der Waals surface area contributed by atoms with E-state index in [2.05, 4.69) is 51.7 Å². The van der Waals surface area contributed by atoms with Crippen molar-refractivity contribution in [3.8, 4) is 0 Å². The molecule has 1 saturated heterocycles. The molecule has 2 N–H and O–H groups in total. The highest BCUT2D eigenvalue weighted by Crippen LogP contribution is 2.25. The minimum atomic E-state index is -0.0264. The first-order valence-corrected chi connectivity index (χ1v) is 10.6. The number of hydrogen-bond acceptors (Lipinski definition) is 4. The lowest BCUT2D eigenvalue weighted by atomic mass is 10.0. The molecule has 1 atom stereocenters. The number of likely N-dealkylation sites (N-methyl/N-ethyl adjacent to an activating group) is 1. The van der Waals surface area contributed by atoms with Crippen LogP contribution in [0.5, 0.6) is 0 Å². The molecule has 0 aliphatic carbocycles. The number of guanidine groups is 1. The molecule has 1 aliphatic heterocycles. The minimum Gasteiger partial charge on any atom is -0.370 e. The Balaban J connectivity index is 0.00000363. The van der Waals surface area contributed by atoms with Crippen LogP contribution < -0.4 is 10.6 Å². The van der Waals surface area contributed by atoms with Gasteiger partial charge in [-0.2, -0.15) is 0 Å². The van der Waals surface area contributed by atoms with Crippen LogP contribution in [0.25, 0.3) is 0 Å². The number of nitrogens with one attached hydrogen (secondary N) is 2. The average molecular weight is 551 g/mol. The van der Waals surface area contributed by atoms with Gasteiger partial charge in [0.2, 0.25) is 5.91 Å². The molecule has 3 rings (SSSR count). The quantitative estimate of drug-likeness (QED) is 0.328. The number of benzene rings is 2. The van der Waals surface area contributed by atoms with Crippen LogP contribution in [0.1, 0.15) is 22.8 Å². The topological polar surface area (TPSA) is 69.2 Å². The summed E-state index contributed by atoms with van der Waals surface area (Å²) in [7, 11) is 5.56. The second-order valence-corrected chi connectivity index (χ2v) is 8.05. The molecule has 1 fully saturated rings. The monoisotopic (exact) mass is 551 g/mol. The number of hydrogen-bond donors (Lipinski definition) is 2. The number of ether oxygens (including phenoxy) is 1. The van der Waals surface area contributed by atoms with E-state index in [9.17, 15) is 4.79 Å². The van der Waals surface area contributed by atoms with Crippen LogP contribution in [0.4, 0.5) is 5.69 Å². The number of amides is 1. The van der Waals surface area contributed by atoms with E-state index in [1.54, 1.807) is 7.05 Å². The molecule has 1 amide bonds. The van der Waals surface area contributed by atoms with E-state index in [4.69, 9.17) is 4.74 Å². The van der Waals surface area contributed by atoms with Gasteiger partial charge < -0.3 is 25.2 Å². The molecule has 1 heterocycles. The lowest BCUT2D eigenvalue weighted by Gasteiger charge is -2.35. The molecule has 0 aromatic heterocycles. The van der Waals surface area contributed by atoms with E-state index >= 15 is 0 Å². The van der Waals surface area contributed by atoms with Crippen molar-refractivity contribution >= 4 is 41.5 Å². The number of anilines is 1. The van der Waals surface area contributed by atoms with E-state index in [0.717, 1.165) is 30.3 Å². The van der Waals surface area contributed by atoms with Gasteiger partial charge in [-0.05, 0) is 49.8 Å². The van der Waals surface area contributed by atoms with Crippen LogP contribution in [0.15, 0.2) is 53.5 Å². The second kappa shape index (κ2) is 12.8. The van der Waals surface area contributed by atoms with E-state index < -0.39 is 0 Å². The third-order valence-electron chi connectivity index (χ3n) is 5.23. The zero-order chi connectivity index (χ0) is 22.2. The Bertz CT molecular complexity index is 919. The Labute approximate surface area is 208 Å². The Morgan fingerprint density at radius 3 is 2.72 bits per heavy atom. The highest BCUT2D eigenvalue weighted by molar-refractivity contribution is 14.0.